The first-order valence-corrected chi connectivity index (χ1v) is 14.4. The average molecular weight is 571 g/mol. The second-order valence-corrected chi connectivity index (χ2v) is 11.3. The Balaban J connectivity index is 1.40. The van der Waals surface area contributed by atoms with Crippen LogP contribution in [0, 0.1) is 18.2 Å². The molecule has 3 saturated heterocycles. The van der Waals surface area contributed by atoms with Crippen LogP contribution >= 0.6 is 0 Å². The molecule has 5 heterocycles. The number of hydrogen-bond donors (Lipinski definition) is 1. The van der Waals surface area contributed by atoms with Crippen LogP contribution in [0.4, 0.5) is 14.6 Å². The molecule has 42 heavy (non-hydrogen) atoms. The highest BCUT2D eigenvalue weighted by molar-refractivity contribution is 6.03. The van der Waals surface area contributed by atoms with E-state index in [4.69, 9.17) is 20.9 Å². The minimum atomic E-state index is -0.883. The van der Waals surface area contributed by atoms with Crippen LogP contribution in [0.25, 0.3) is 32.9 Å². The highest BCUT2D eigenvalue weighted by Gasteiger charge is 2.49. The van der Waals surface area contributed by atoms with Crippen molar-refractivity contribution in [3.63, 3.8) is 0 Å². The standard InChI is InChI=1S/C32H32F2N6O2/c1-3-20-7-4-8-21-9-5-10-23(24(20)21)27-26(34)28-25(30(36-27)41-2)29(39-15-12-35-13-16-39)38-31(37-28)42-19-32-11-6-14-40(32)18-22(33)17-32/h1,4-5,7-10,22,35H,6,11-19H2,2H3/t22-,32+/m1/s1. The Morgan fingerprint density at radius 1 is 1.10 bits per heavy atom. The number of halogens is 2. The summed E-state index contributed by atoms with van der Waals surface area (Å²) < 4.78 is 43.2. The Hall–Kier alpha value is -4.07. The van der Waals surface area contributed by atoms with Crippen molar-refractivity contribution in [1.29, 1.82) is 0 Å². The Bertz CT molecular complexity index is 1710. The molecule has 8 nitrogen and oxygen atoms in total. The van der Waals surface area contributed by atoms with Crippen molar-refractivity contribution in [2.24, 2.45) is 0 Å². The number of pyridine rings is 1. The Morgan fingerprint density at radius 3 is 2.69 bits per heavy atom. The lowest BCUT2D eigenvalue weighted by Gasteiger charge is -2.32. The van der Waals surface area contributed by atoms with Crippen molar-refractivity contribution in [3.8, 4) is 35.5 Å². The molecule has 216 valence electrons. The number of fused-ring (bicyclic) bond motifs is 3. The highest BCUT2D eigenvalue weighted by Crippen LogP contribution is 2.42. The third kappa shape index (κ3) is 4.39. The van der Waals surface area contributed by atoms with E-state index in [1.54, 1.807) is 6.07 Å². The molecule has 2 aromatic carbocycles. The Morgan fingerprint density at radius 2 is 1.90 bits per heavy atom. The van der Waals surface area contributed by atoms with Gasteiger partial charge >= 0.3 is 6.01 Å². The van der Waals surface area contributed by atoms with Gasteiger partial charge in [0.25, 0.3) is 0 Å². The summed E-state index contributed by atoms with van der Waals surface area (Å²) in [6.45, 7) is 4.32. The van der Waals surface area contributed by atoms with Crippen molar-refractivity contribution >= 4 is 27.5 Å². The van der Waals surface area contributed by atoms with Crippen molar-refractivity contribution in [2.75, 3.05) is 57.9 Å². The number of terminal acetylenes is 1. The molecule has 0 radical (unpaired) electrons. The van der Waals surface area contributed by atoms with Crippen LogP contribution in [0.3, 0.4) is 0 Å². The second kappa shape index (κ2) is 10.6. The summed E-state index contributed by atoms with van der Waals surface area (Å²) >= 11 is 0. The molecule has 3 fully saturated rings. The van der Waals surface area contributed by atoms with E-state index in [-0.39, 0.29) is 35.2 Å². The fraction of sp³-hybridized carbons (Fsp3) is 0.406. The van der Waals surface area contributed by atoms with Gasteiger partial charge in [-0.2, -0.15) is 9.97 Å². The number of benzene rings is 2. The summed E-state index contributed by atoms with van der Waals surface area (Å²) in [5.74, 6) is 2.83. The third-order valence-electron chi connectivity index (χ3n) is 8.87. The van der Waals surface area contributed by atoms with E-state index in [1.165, 1.54) is 7.11 Å². The second-order valence-electron chi connectivity index (χ2n) is 11.3. The van der Waals surface area contributed by atoms with Crippen LogP contribution < -0.4 is 19.7 Å². The van der Waals surface area contributed by atoms with Gasteiger partial charge in [-0.3, -0.25) is 4.90 Å². The van der Waals surface area contributed by atoms with Gasteiger partial charge in [-0.15, -0.1) is 6.42 Å². The number of alkyl halides is 1. The predicted octanol–water partition coefficient (Wildman–Crippen LogP) is 4.34. The number of anilines is 1. The Labute approximate surface area is 243 Å². The van der Waals surface area contributed by atoms with Gasteiger partial charge in [0.05, 0.1) is 12.6 Å². The number of nitrogens with one attached hydrogen (secondary N) is 1. The highest BCUT2D eigenvalue weighted by atomic mass is 19.1. The van der Waals surface area contributed by atoms with Crippen molar-refractivity contribution in [2.45, 2.75) is 31.0 Å². The topological polar surface area (TPSA) is 75.6 Å². The molecule has 3 aliphatic rings. The molecule has 2 atom stereocenters. The lowest BCUT2D eigenvalue weighted by molar-refractivity contribution is 0.107. The van der Waals surface area contributed by atoms with Crippen LogP contribution in [-0.4, -0.2) is 84.5 Å². The van der Waals surface area contributed by atoms with Crippen LogP contribution in [0.5, 0.6) is 11.9 Å². The van der Waals surface area contributed by atoms with E-state index in [0.29, 0.717) is 48.4 Å². The number of piperazine rings is 1. The maximum atomic E-state index is 16.8. The molecule has 3 aliphatic heterocycles. The molecule has 7 rings (SSSR count). The monoisotopic (exact) mass is 570 g/mol. The Kier molecular flexibility index (Phi) is 6.79. The minimum absolute atomic E-state index is 0.0555. The first kappa shape index (κ1) is 26.8. The van der Waals surface area contributed by atoms with Crippen molar-refractivity contribution in [1.82, 2.24) is 25.2 Å². The molecular formula is C32H32F2N6O2. The smallest absolute Gasteiger partial charge is 0.319 e. The summed E-state index contributed by atoms with van der Waals surface area (Å²) in [4.78, 5) is 18.3. The molecule has 0 amide bonds. The van der Waals surface area contributed by atoms with E-state index in [1.807, 2.05) is 30.3 Å². The largest absolute Gasteiger partial charge is 0.480 e. The summed E-state index contributed by atoms with van der Waals surface area (Å²) in [5, 5.41) is 5.33. The van der Waals surface area contributed by atoms with E-state index >= 15 is 4.39 Å². The van der Waals surface area contributed by atoms with Crippen molar-refractivity contribution < 1.29 is 18.3 Å². The minimum Gasteiger partial charge on any atom is -0.480 e. The fourth-order valence-electron chi connectivity index (χ4n) is 6.91. The van der Waals surface area contributed by atoms with Gasteiger partial charge in [0.2, 0.25) is 5.88 Å². The molecule has 2 aromatic heterocycles. The summed E-state index contributed by atoms with van der Waals surface area (Å²) in [6.07, 6.45) is 7.21. The van der Waals surface area contributed by atoms with Crippen LogP contribution in [0.2, 0.25) is 0 Å². The average Bonchev–Trinajstić information content (AvgIpc) is 3.55. The summed E-state index contributed by atoms with van der Waals surface area (Å²) in [6, 6.07) is 11.3. The van der Waals surface area contributed by atoms with Gasteiger partial charge in [-0.1, -0.05) is 36.3 Å². The van der Waals surface area contributed by atoms with Crippen LogP contribution in [-0.2, 0) is 0 Å². The fourth-order valence-corrected chi connectivity index (χ4v) is 6.91. The first-order chi connectivity index (χ1) is 20.5. The van der Waals surface area contributed by atoms with Gasteiger partial charge in [0.15, 0.2) is 5.82 Å². The number of ether oxygens (including phenoxy) is 2. The number of nitrogens with zero attached hydrogens (tertiary/aromatic N) is 5. The normalized spacial score (nSPS) is 22.4. The molecule has 0 aliphatic carbocycles. The molecule has 0 unspecified atom stereocenters. The van der Waals surface area contributed by atoms with Crippen LogP contribution in [0.15, 0.2) is 36.4 Å². The van der Waals surface area contributed by atoms with Crippen LogP contribution in [0.1, 0.15) is 24.8 Å². The third-order valence-corrected chi connectivity index (χ3v) is 8.87. The lowest BCUT2D eigenvalue weighted by atomic mass is 9.95. The molecular weight excluding hydrogens is 538 g/mol. The maximum Gasteiger partial charge on any atom is 0.319 e. The van der Waals surface area contributed by atoms with Gasteiger partial charge in [0, 0.05) is 55.7 Å². The zero-order valence-electron chi connectivity index (χ0n) is 23.5. The zero-order valence-corrected chi connectivity index (χ0v) is 23.5. The SMILES string of the molecule is C#Cc1cccc2cccc(-c3nc(OC)c4c(N5CCNCC5)nc(OC[C@@]56CCCN5C[C@H](F)C6)nc4c3F)c12. The first-order valence-electron chi connectivity index (χ1n) is 14.4. The van der Waals surface area contributed by atoms with Gasteiger partial charge in [-0.05, 0) is 30.8 Å². The predicted molar refractivity (Wildman–Crippen MR) is 158 cm³/mol. The molecule has 0 saturated carbocycles. The molecule has 0 spiro atoms. The van der Waals surface area contributed by atoms with Gasteiger partial charge < -0.3 is 19.7 Å². The van der Waals surface area contributed by atoms with E-state index in [2.05, 4.69) is 31.0 Å². The number of hydrogen-bond acceptors (Lipinski definition) is 8. The quantitative estimate of drug-likeness (QED) is 0.344. The van der Waals surface area contributed by atoms with E-state index < -0.39 is 12.0 Å². The summed E-state index contributed by atoms with van der Waals surface area (Å²) in [5.41, 5.74) is 0.936. The maximum absolute atomic E-state index is 16.8. The zero-order chi connectivity index (χ0) is 28.8. The number of rotatable bonds is 6. The molecule has 1 N–H and O–H groups in total. The van der Waals surface area contributed by atoms with Crippen molar-refractivity contribution in [3.05, 3.63) is 47.8 Å². The van der Waals surface area contributed by atoms with E-state index in [0.717, 1.165) is 43.2 Å². The van der Waals surface area contributed by atoms with Gasteiger partial charge in [-0.25, -0.2) is 13.8 Å². The molecule has 4 aromatic rings. The lowest BCUT2D eigenvalue weighted by Crippen LogP contribution is -2.44. The summed E-state index contributed by atoms with van der Waals surface area (Å²) in [7, 11) is 1.51. The van der Waals surface area contributed by atoms with Gasteiger partial charge in [0.1, 0.15) is 35.2 Å². The number of methoxy groups -OCH3 is 1. The molecule has 10 heteroatoms. The van der Waals surface area contributed by atoms with E-state index in [9.17, 15) is 4.39 Å². The molecule has 0 bridgehead atoms. The number of aromatic nitrogens is 3.